The highest BCUT2D eigenvalue weighted by molar-refractivity contribution is 7.09. The number of aromatic nitrogens is 1. The molecule has 0 aliphatic heterocycles. The Labute approximate surface area is 113 Å². The first-order valence-electron chi connectivity index (χ1n) is 6.42. The molecule has 2 rings (SSSR count). The SMILES string of the molecule is CCCc1cccc(C(NC)c2scnc2C)c1. The largest absolute Gasteiger partial charge is 0.309 e. The van der Waals surface area contributed by atoms with Crippen molar-refractivity contribution in [2.75, 3.05) is 7.05 Å². The van der Waals surface area contributed by atoms with Crippen molar-refractivity contribution in [3.05, 3.63) is 51.5 Å². The van der Waals surface area contributed by atoms with Crippen LogP contribution in [0.3, 0.4) is 0 Å². The van der Waals surface area contributed by atoms with Gasteiger partial charge in [0.2, 0.25) is 0 Å². The van der Waals surface area contributed by atoms with Crippen LogP contribution in [-0.4, -0.2) is 12.0 Å². The molecule has 3 heteroatoms. The summed E-state index contributed by atoms with van der Waals surface area (Å²) in [7, 11) is 2.01. The standard InChI is InChI=1S/C15H20N2S/c1-4-6-12-7-5-8-13(9-12)14(16-3)15-11(2)17-10-18-15/h5,7-10,14,16H,4,6H2,1-3H3. The van der Waals surface area contributed by atoms with Crippen LogP contribution in [0.25, 0.3) is 0 Å². The molecule has 2 aromatic rings. The van der Waals surface area contributed by atoms with Crippen LogP contribution in [0.4, 0.5) is 0 Å². The molecule has 1 aromatic carbocycles. The zero-order valence-electron chi connectivity index (χ0n) is 11.2. The Morgan fingerprint density at radius 1 is 1.39 bits per heavy atom. The van der Waals surface area contributed by atoms with Gasteiger partial charge in [-0.05, 0) is 31.5 Å². The topological polar surface area (TPSA) is 24.9 Å². The van der Waals surface area contributed by atoms with E-state index in [1.165, 1.54) is 22.4 Å². The van der Waals surface area contributed by atoms with Crippen LogP contribution in [0.1, 0.15) is 41.1 Å². The third-order valence-corrected chi connectivity index (χ3v) is 4.15. The number of thiazole rings is 1. The molecule has 96 valence electrons. The molecule has 18 heavy (non-hydrogen) atoms. The highest BCUT2D eigenvalue weighted by Crippen LogP contribution is 2.28. The molecule has 0 aliphatic rings. The minimum Gasteiger partial charge on any atom is -0.309 e. The highest BCUT2D eigenvalue weighted by Gasteiger charge is 2.16. The average molecular weight is 260 g/mol. The Balaban J connectivity index is 2.33. The van der Waals surface area contributed by atoms with Gasteiger partial charge < -0.3 is 5.32 Å². The van der Waals surface area contributed by atoms with Gasteiger partial charge in [-0.3, -0.25) is 0 Å². The second-order valence-electron chi connectivity index (χ2n) is 4.52. The molecule has 1 N–H and O–H groups in total. The Kier molecular flexibility index (Phi) is 4.50. The van der Waals surface area contributed by atoms with Gasteiger partial charge in [-0.15, -0.1) is 11.3 Å². The third-order valence-electron chi connectivity index (χ3n) is 3.16. The normalized spacial score (nSPS) is 12.6. The number of hydrogen-bond acceptors (Lipinski definition) is 3. The number of hydrogen-bond donors (Lipinski definition) is 1. The quantitative estimate of drug-likeness (QED) is 0.886. The summed E-state index contributed by atoms with van der Waals surface area (Å²) in [5, 5.41) is 3.40. The fourth-order valence-corrected chi connectivity index (χ4v) is 3.19. The van der Waals surface area contributed by atoms with Crippen LogP contribution in [-0.2, 0) is 6.42 Å². The van der Waals surface area contributed by atoms with Crippen molar-refractivity contribution < 1.29 is 0 Å². The molecule has 0 saturated heterocycles. The third kappa shape index (κ3) is 2.79. The predicted molar refractivity (Wildman–Crippen MR) is 78.2 cm³/mol. The summed E-state index contributed by atoms with van der Waals surface area (Å²) < 4.78 is 0. The Morgan fingerprint density at radius 3 is 2.83 bits per heavy atom. The Hall–Kier alpha value is -1.19. The van der Waals surface area contributed by atoms with Crippen LogP contribution in [0.2, 0.25) is 0 Å². The molecule has 1 aromatic heterocycles. The maximum Gasteiger partial charge on any atom is 0.0798 e. The first-order valence-corrected chi connectivity index (χ1v) is 7.30. The molecule has 2 nitrogen and oxygen atoms in total. The van der Waals surface area contributed by atoms with Gasteiger partial charge in [-0.25, -0.2) is 4.98 Å². The van der Waals surface area contributed by atoms with Gasteiger partial charge in [-0.2, -0.15) is 0 Å². The van der Waals surface area contributed by atoms with Crippen LogP contribution < -0.4 is 5.32 Å². The fourth-order valence-electron chi connectivity index (χ4n) is 2.25. The van der Waals surface area contributed by atoms with E-state index in [4.69, 9.17) is 0 Å². The average Bonchev–Trinajstić information content (AvgIpc) is 2.78. The van der Waals surface area contributed by atoms with Crippen LogP contribution >= 0.6 is 11.3 Å². The molecular formula is C15H20N2S. The molecule has 1 atom stereocenters. The second-order valence-corrected chi connectivity index (χ2v) is 5.41. The van der Waals surface area contributed by atoms with Crippen molar-refractivity contribution in [1.82, 2.24) is 10.3 Å². The minimum absolute atomic E-state index is 0.259. The van der Waals surface area contributed by atoms with Gasteiger partial charge in [0.1, 0.15) is 0 Å². The molecule has 0 bridgehead atoms. The smallest absolute Gasteiger partial charge is 0.0798 e. The van der Waals surface area contributed by atoms with Crippen molar-refractivity contribution in [2.45, 2.75) is 32.7 Å². The van der Waals surface area contributed by atoms with E-state index in [1.54, 1.807) is 11.3 Å². The van der Waals surface area contributed by atoms with Gasteiger partial charge in [-0.1, -0.05) is 37.6 Å². The van der Waals surface area contributed by atoms with E-state index in [2.05, 4.69) is 48.4 Å². The van der Waals surface area contributed by atoms with Crippen molar-refractivity contribution in [3.8, 4) is 0 Å². The van der Waals surface area contributed by atoms with E-state index in [0.29, 0.717) is 0 Å². The lowest BCUT2D eigenvalue weighted by molar-refractivity contribution is 0.696. The first kappa shape index (κ1) is 13.2. The Morgan fingerprint density at radius 2 is 2.22 bits per heavy atom. The summed E-state index contributed by atoms with van der Waals surface area (Å²) in [6.45, 7) is 4.29. The zero-order valence-corrected chi connectivity index (χ0v) is 12.1. The monoisotopic (exact) mass is 260 g/mol. The number of nitrogens with one attached hydrogen (secondary N) is 1. The van der Waals surface area contributed by atoms with Crippen molar-refractivity contribution in [3.63, 3.8) is 0 Å². The molecule has 0 aliphatic carbocycles. The Bertz CT molecular complexity index is 505. The van der Waals surface area contributed by atoms with Crippen LogP contribution in [0.15, 0.2) is 29.8 Å². The number of rotatable bonds is 5. The van der Waals surface area contributed by atoms with Crippen molar-refractivity contribution in [2.24, 2.45) is 0 Å². The van der Waals surface area contributed by atoms with E-state index in [-0.39, 0.29) is 6.04 Å². The van der Waals surface area contributed by atoms with Gasteiger partial charge in [0.15, 0.2) is 0 Å². The summed E-state index contributed by atoms with van der Waals surface area (Å²) in [5.41, 5.74) is 5.79. The maximum absolute atomic E-state index is 4.35. The molecule has 0 radical (unpaired) electrons. The maximum atomic E-state index is 4.35. The summed E-state index contributed by atoms with van der Waals surface area (Å²) in [4.78, 5) is 5.66. The minimum atomic E-state index is 0.259. The van der Waals surface area contributed by atoms with Gasteiger partial charge >= 0.3 is 0 Å². The van der Waals surface area contributed by atoms with Crippen molar-refractivity contribution in [1.29, 1.82) is 0 Å². The number of nitrogens with zero attached hydrogens (tertiary/aromatic N) is 1. The van der Waals surface area contributed by atoms with E-state index in [0.717, 1.165) is 12.1 Å². The molecule has 0 amide bonds. The second kappa shape index (κ2) is 6.12. The van der Waals surface area contributed by atoms with Crippen LogP contribution in [0, 0.1) is 6.92 Å². The molecule has 1 heterocycles. The van der Waals surface area contributed by atoms with Gasteiger partial charge in [0, 0.05) is 4.88 Å². The fraction of sp³-hybridized carbons (Fsp3) is 0.400. The van der Waals surface area contributed by atoms with Crippen molar-refractivity contribution >= 4 is 11.3 Å². The lowest BCUT2D eigenvalue weighted by Gasteiger charge is -2.16. The lowest BCUT2D eigenvalue weighted by atomic mass is 10.00. The molecule has 1 unspecified atom stereocenters. The lowest BCUT2D eigenvalue weighted by Crippen LogP contribution is -2.17. The first-order chi connectivity index (χ1) is 8.76. The molecule has 0 fully saturated rings. The van der Waals surface area contributed by atoms with E-state index < -0.39 is 0 Å². The molecule has 0 spiro atoms. The summed E-state index contributed by atoms with van der Waals surface area (Å²) in [5.74, 6) is 0. The van der Waals surface area contributed by atoms with E-state index in [1.807, 2.05) is 12.6 Å². The van der Waals surface area contributed by atoms with Gasteiger partial charge in [0.05, 0.1) is 17.2 Å². The summed E-state index contributed by atoms with van der Waals surface area (Å²) in [6, 6.07) is 9.12. The zero-order chi connectivity index (χ0) is 13.0. The number of benzene rings is 1. The highest BCUT2D eigenvalue weighted by atomic mass is 32.1. The predicted octanol–water partition coefficient (Wildman–Crippen LogP) is 3.71. The molecular weight excluding hydrogens is 240 g/mol. The van der Waals surface area contributed by atoms with Gasteiger partial charge in [0.25, 0.3) is 0 Å². The molecule has 0 saturated carbocycles. The summed E-state index contributed by atoms with van der Waals surface area (Å²) >= 11 is 1.72. The van der Waals surface area contributed by atoms with E-state index >= 15 is 0 Å². The van der Waals surface area contributed by atoms with Crippen LogP contribution in [0.5, 0.6) is 0 Å². The summed E-state index contributed by atoms with van der Waals surface area (Å²) in [6.07, 6.45) is 2.33. The van der Waals surface area contributed by atoms with E-state index in [9.17, 15) is 0 Å². The number of aryl methyl sites for hydroxylation is 2.